The van der Waals surface area contributed by atoms with Gasteiger partial charge in [0.25, 0.3) is 5.79 Å². The van der Waals surface area contributed by atoms with Gasteiger partial charge in [0.15, 0.2) is 0 Å². The van der Waals surface area contributed by atoms with E-state index in [-0.39, 0.29) is 5.92 Å². The van der Waals surface area contributed by atoms with E-state index in [1.807, 2.05) is 13.8 Å². The maximum Gasteiger partial charge on any atom is 0.333 e. The summed E-state index contributed by atoms with van der Waals surface area (Å²) in [6.45, 7) is 13.0. The van der Waals surface area contributed by atoms with Crippen molar-refractivity contribution < 1.29 is 19.1 Å². The first-order valence-corrected chi connectivity index (χ1v) is 8.20. The van der Waals surface area contributed by atoms with Crippen LogP contribution in [0.1, 0.15) is 65.7 Å². The van der Waals surface area contributed by atoms with Crippen LogP contribution in [-0.4, -0.2) is 17.7 Å². The molecule has 0 saturated heterocycles. The Labute approximate surface area is 134 Å². The zero-order chi connectivity index (χ0) is 17.0. The molecule has 0 N–H and O–H groups in total. The molecular formula is C18H30O4. The van der Waals surface area contributed by atoms with Crippen molar-refractivity contribution in [1.82, 2.24) is 0 Å². The first kappa shape index (κ1) is 20.4. The molecule has 0 bridgehead atoms. The molecule has 0 heterocycles. The fourth-order valence-electron chi connectivity index (χ4n) is 2.53. The lowest BCUT2D eigenvalue weighted by Gasteiger charge is -2.38. The van der Waals surface area contributed by atoms with Gasteiger partial charge in [-0.2, -0.15) is 0 Å². The van der Waals surface area contributed by atoms with Crippen LogP contribution in [-0.2, 0) is 19.1 Å². The minimum Gasteiger partial charge on any atom is -0.419 e. The van der Waals surface area contributed by atoms with E-state index in [2.05, 4.69) is 20.1 Å². The van der Waals surface area contributed by atoms with Crippen molar-refractivity contribution >= 4 is 11.9 Å². The number of hydrogen-bond donors (Lipinski definition) is 0. The summed E-state index contributed by atoms with van der Waals surface area (Å²) in [6.07, 6.45) is 8.05. The minimum absolute atomic E-state index is 0.0354. The zero-order valence-corrected chi connectivity index (χ0v) is 14.2. The predicted molar refractivity (Wildman–Crippen MR) is 88.1 cm³/mol. The van der Waals surface area contributed by atoms with Crippen LogP contribution in [0.2, 0.25) is 0 Å². The lowest BCUT2D eigenvalue weighted by atomic mass is 9.86. The van der Waals surface area contributed by atoms with Crippen molar-refractivity contribution in [2.75, 3.05) is 0 Å². The Morgan fingerprint density at radius 2 is 1.50 bits per heavy atom. The van der Waals surface area contributed by atoms with Gasteiger partial charge in [0.05, 0.1) is 0 Å². The van der Waals surface area contributed by atoms with Crippen LogP contribution in [0.5, 0.6) is 0 Å². The smallest absolute Gasteiger partial charge is 0.333 e. The topological polar surface area (TPSA) is 52.6 Å². The van der Waals surface area contributed by atoms with Gasteiger partial charge in [0.2, 0.25) is 0 Å². The molecule has 22 heavy (non-hydrogen) atoms. The third-order valence-electron chi connectivity index (χ3n) is 3.78. The lowest BCUT2D eigenvalue weighted by Crippen LogP contribution is -2.46. The molecule has 1 atom stereocenters. The van der Waals surface area contributed by atoms with E-state index in [9.17, 15) is 9.59 Å². The van der Waals surface area contributed by atoms with Gasteiger partial charge in [0, 0.05) is 24.5 Å². The fraction of sp³-hybridized carbons (Fsp3) is 0.667. The third-order valence-corrected chi connectivity index (χ3v) is 3.78. The van der Waals surface area contributed by atoms with E-state index < -0.39 is 17.7 Å². The van der Waals surface area contributed by atoms with Crippen LogP contribution in [0.15, 0.2) is 25.3 Å². The summed E-state index contributed by atoms with van der Waals surface area (Å²) in [7, 11) is 0. The molecule has 0 rings (SSSR count). The molecule has 0 amide bonds. The van der Waals surface area contributed by atoms with Gasteiger partial charge in [-0.05, 0) is 19.3 Å². The first-order valence-electron chi connectivity index (χ1n) is 8.20. The van der Waals surface area contributed by atoms with Gasteiger partial charge < -0.3 is 9.47 Å². The summed E-state index contributed by atoms with van der Waals surface area (Å²) in [5.74, 6) is -2.39. The quantitative estimate of drug-likeness (QED) is 0.301. The highest BCUT2D eigenvalue weighted by Crippen LogP contribution is 2.36. The van der Waals surface area contributed by atoms with Crippen LogP contribution in [0.25, 0.3) is 0 Å². The van der Waals surface area contributed by atoms with Crippen molar-refractivity contribution in [3.05, 3.63) is 25.3 Å². The minimum atomic E-state index is -1.23. The molecule has 4 nitrogen and oxygen atoms in total. The maximum absolute atomic E-state index is 11.8. The summed E-state index contributed by atoms with van der Waals surface area (Å²) in [5.41, 5.74) is 0. The van der Waals surface area contributed by atoms with E-state index in [0.29, 0.717) is 6.42 Å². The first-order chi connectivity index (χ1) is 10.5. The molecule has 1 unspecified atom stereocenters. The van der Waals surface area contributed by atoms with E-state index in [1.54, 1.807) is 0 Å². The van der Waals surface area contributed by atoms with Gasteiger partial charge in [-0.1, -0.05) is 53.2 Å². The van der Waals surface area contributed by atoms with Crippen LogP contribution in [0.4, 0.5) is 0 Å². The van der Waals surface area contributed by atoms with E-state index in [1.165, 1.54) is 0 Å². The van der Waals surface area contributed by atoms with Crippen LogP contribution < -0.4 is 0 Å². The molecule has 126 valence electrons. The molecule has 0 aliphatic carbocycles. The summed E-state index contributed by atoms with van der Waals surface area (Å²) >= 11 is 0. The van der Waals surface area contributed by atoms with E-state index in [4.69, 9.17) is 9.47 Å². The lowest BCUT2D eigenvalue weighted by molar-refractivity contribution is -0.247. The van der Waals surface area contributed by atoms with Crippen molar-refractivity contribution in [3.63, 3.8) is 0 Å². The number of carbonyl (C=O) groups is 2. The molecule has 0 spiro atoms. The van der Waals surface area contributed by atoms with Gasteiger partial charge >= 0.3 is 11.9 Å². The predicted octanol–water partition coefficient (Wildman–Crippen LogP) is 4.55. The van der Waals surface area contributed by atoms with Crippen LogP contribution in [0, 0.1) is 5.92 Å². The second-order valence-electron chi connectivity index (χ2n) is 5.41. The van der Waals surface area contributed by atoms with Crippen LogP contribution in [0.3, 0.4) is 0 Å². The average Bonchev–Trinajstić information content (AvgIpc) is 2.53. The number of hydrogen-bond acceptors (Lipinski definition) is 4. The molecule has 0 aliphatic rings. The highest BCUT2D eigenvalue weighted by Gasteiger charge is 2.44. The number of carbonyl (C=O) groups excluding carboxylic acids is 2. The molecule has 0 aromatic rings. The molecule has 0 aromatic carbocycles. The summed E-state index contributed by atoms with van der Waals surface area (Å²) in [5, 5.41) is 0. The molecule has 4 heteroatoms. The average molecular weight is 310 g/mol. The fourth-order valence-corrected chi connectivity index (χ4v) is 2.53. The number of esters is 2. The van der Waals surface area contributed by atoms with Crippen molar-refractivity contribution in [3.8, 4) is 0 Å². The monoisotopic (exact) mass is 310 g/mol. The normalized spacial score (nSPS) is 12.3. The van der Waals surface area contributed by atoms with E-state index in [0.717, 1.165) is 50.7 Å². The Hall–Kier alpha value is -1.58. The summed E-state index contributed by atoms with van der Waals surface area (Å²) in [4.78, 5) is 23.6. The maximum atomic E-state index is 11.8. The standard InChI is InChI=1S/C18H30O4/c1-6-11-13-15(8-3)18(14-12-7-2,21-16(19)9-4)22-17(20)10-5/h9-10,15H,4-8,11-14H2,1-3H3. The highest BCUT2D eigenvalue weighted by molar-refractivity contribution is 5.83. The molecule has 0 aromatic heterocycles. The summed E-state index contributed by atoms with van der Waals surface area (Å²) < 4.78 is 11.1. The molecule has 0 aliphatic heterocycles. The largest absolute Gasteiger partial charge is 0.419 e. The number of unbranched alkanes of at least 4 members (excludes halogenated alkanes) is 2. The molecule has 0 fully saturated rings. The van der Waals surface area contributed by atoms with Crippen molar-refractivity contribution in [2.24, 2.45) is 5.92 Å². The second-order valence-corrected chi connectivity index (χ2v) is 5.41. The Kier molecular flexibility index (Phi) is 10.3. The van der Waals surface area contributed by atoms with Crippen molar-refractivity contribution in [1.29, 1.82) is 0 Å². The van der Waals surface area contributed by atoms with E-state index >= 15 is 0 Å². The Morgan fingerprint density at radius 3 is 1.86 bits per heavy atom. The van der Waals surface area contributed by atoms with Crippen LogP contribution >= 0.6 is 0 Å². The second kappa shape index (κ2) is 11.0. The number of rotatable bonds is 12. The van der Waals surface area contributed by atoms with Gasteiger partial charge in [-0.3, -0.25) is 0 Å². The molecular weight excluding hydrogens is 280 g/mol. The van der Waals surface area contributed by atoms with Gasteiger partial charge in [0.1, 0.15) is 0 Å². The van der Waals surface area contributed by atoms with Gasteiger partial charge in [-0.15, -0.1) is 0 Å². The molecule has 0 saturated carbocycles. The Bertz CT molecular complexity index is 351. The zero-order valence-electron chi connectivity index (χ0n) is 14.2. The summed E-state index contributed by atoms with van der Waals surface area (Å²) in [6, 6.07) is 0. The molecule has 0 radical (unpaired) electrons. The number of ether oxygens (including phenoxy) is 2. The van der Waals surface area contributed by atoms with Crippen molar-refractivity contribution in [2.45, 2.75) is 71.5 Å². The SMILES string of the molecule is C=CC(=O)OC(CCCC)(OC(=O)C=C)C(CC)CCCC. The highest BCUT2D eigenvalue weighted by atomic mass is 16.7. The third kappa shape index (κ3) is 6.46. The Balaban J connectivity index is 5.54. The van der Waals surface area contributed by atoms with Gasteiger partial charge in [-0.25, -0.2) is 9.59 Å². The Morgan fingerprint density at radius 1 is 1.00 bits per heavy atom.